The molecule has 0 aliphatic heterocycles. The first-order valence-electron chi connectivity index (χ1n) is 5.52. The molecule has 0 heterocycles. The van der Waals surface area contributed by atoms with Crippen molar-refractivity contribution in [3.8, 4) is 0 Å². The smallest absolute Gasteiger partial charge is 0.0608 e. The van der Waals surface area contributed by atoms with E-state index in [1.807, 2.05) is 0 Å². The van der Waals surface area contributed by atoms with Crippen LogP contribution in [-0.4, -0.2) is 11.2 Å². The molecule has 0 bridgehead atoms. The van der Waals surface area contributed by atoms with Gasteiger partial charge >= 0.3 is 0 Å². The summed E-state index contributed by atoms with van der Waals surface area (Å²) < 4.78 is 0. The largest absolute Gasteiger partial charge is 0.392 e. The average Bonchev–Trinajstić information content (AvgIpc) is 2.20. The first-order chi connectivity index (χ1) is 6.77. The summed E-state index contributed by atoms with van der Waals surface area (Å²) in [7, 11) is 0. The first kappa shape index (κ1) is 9.72. The third-order valence-corrected chi connectivity index (χ3v) is 3.23. The number of hydrogen-bond donors (Lipinski definition) is 1. The number of aryl methyl sites for hydroxylation is 1. The maximum Gasteiger partial charge on any atom is 0.0608 e. The highest BCUT2D eigenvalue weighted by molar-refractivity contribution is 5.25. The summed E-state index contributed by atoms with van der Waals surface area (Å²) >= 11 is 0. The second-order valence-corrected chi connectivity index (χ2v) is 4.37. The molecule has 76 valence electrons. The molecule has 1 aliphatic carbocycles. The van der Waals surface area contributed by atoms with Crippen molar-refractivity contribution < 1.29 is 5.11 Å². The molecule has 1 fully saturated rings. The summed E-state index contributed by atoms with van der Waals surface area (Å²) in [6.07, 6.45) is 4.44. The molecule has 0 unspecified atom stereocenters. The van der Waals surface area contributed by atoms with Crippen LogP contribution in [0.1, 0.15) is 42.7 Å². The molecule has 0 saturated heterocycles. The van der Waals surface area contributed by atoms with E-state index in [2.05, 4.69) is 31.2 Å². The van der Waals surface area contributed by atoms with Crippen molar-refractivity contribution in [1.82, 2.24) is 0 Å². The van der Waals surface area contributed by atoms with Gasteiger partial charge in [0.1, 0.15) is 0 Å². The summed E-state index contributed by atoms with van der Waals surface area (Å²) in [5, 5.41) is 9.89. The molecule has 0 aromatic heterocycles. The van der Waals surface area contributed by atoms with Crippen LogP contribution >= 0.6 is 0 Å². The van der Waals surface area contributed by atoms with Gasteiger partial charge in [0.25, 0.3) is 0 Å². The molecule has 1 aromatic rings. The van der Waals surface area contributed by atoms with Gasteiger partial charge in [-0.05, 0) is 25.3 Å². The minimum absolute atomic E-state index is 0.119. The normalized spacial score (nSPS) is 27.6. The minimum atomic E-state index is -0.119. The second-order valence-electron chi connectivity index (χ2n) is 4.37. The topological polar surface area (TPSA) is 20.2 Å². The number of rotatable bonds is 1. The zero-order valence-corrected chi connectivity index (χ0v) is 8.74. The van der Waals surface area contributed by atoms with Gasteiger partial charge in [-0.25, -0.2) is 0 Å². The second kappa shape index (κ2) is 4.14. The van der Waals surface area contributed by atoms with E-state index in [4.69, 9.17) is 0 Å². The third kappa shape index (κ3) is 1.98. The Morgan fingerprint density at radius 1 is 1.07 bits per heavy atom. The summed E-state index contributed by atoms with van der Waals surface area (Å²) in [4.78, 5) is 0. The third-order valence-electron chi connectivity index (χ3n) is 3.23. The van der Waals surface area contributed by atoms with Crippen LogP contribution in [0.4, 0.5) is 0 Å². The lowest BCUT2D eigenvalue weighted by molar-refractivity contribution is 0.106. The van der Waals surface area contributed by atoms with Gasteiger partial charge in [-0.3, -0.25) is 0 Å². The zero-order chi connectivity index (χ0) is 9.97. The van der Waals surface area contributed by atoms with Crippen molar-refractivity contribution in [3.63, 3.8) is 0 Å². The van der Waals surface area contributed by atoms with Gasteiger partial charge in [0.15, 0.2) is 0 Å². The monoisotopic (exact) mass is 190 g/mol. The molecule has 0 radical (unpaired) electrons. The summed E-state index contributed by atoms with van der Waals surface area (Å²) in [5.74, 6) is 0.379. The fraction of sp³-hybridized carbons (Fsp3) is 0.538. The van der Waals surface area contributed by atoms with Crippen molar-refractivity contribution in [3.05, 3.63) is 35.4 Å². The van der Waals surface area contributed by atoms with E-state index < -0.39 is 0 Å². The highest BCUT2D eigenvalue weighted by Crippen LogP contribution is 2.32. The van der Waals surface area contributed by atoms with Gasteiger partial charge in [-0.2, -0.15) is 0 Å². The van der Waals surface area contributed by atoms with Crippen LogP contribution in [-0.2, 0) is 0 Å². The summed E-state index contributed by atoms with van der Waals surface area (Å²) in [5.41, 5.74) is 2.60. The number of hydrogen-bond acceptors (Lipinski definition) is 1. The quantitative estimate of drug-likeness (QED) is 0.721. The molecular formula is C13H18O. The van der Waals surface area contributed by atoms with Crippen LogP contribution in [0.5, 0.6) is 0 Å². The van der Waals surface area contributed by atoms with Gasteiger partial charge in [0.2, 0.25) is 0 Å². The highest BCUT2D eigenvalue weighted by Gasteiger charge is 2.23. The van der Waals surface area contributed by atoms with Gasteiger partial charge in [-0.1, -0.05) is 42.7 Å². The molecule has 0 spiro atoms. The van der Waals surface area contributed by atoms with Crippen molar-refractivity contribution in [2.45, 2.75) is 44.6 Å². The lowest BCUT2D eigenvalue weighted by Gasteiger charge is -2.27. The van der Waals surface area contributed by atoms with Crippen LogP contribution in [0.15, 0.2) is 24.3 Å². The van der Waals surface area contributed by atoms with Crippen molar-refractivity contribution >= 4 is 0 Å². The Labute approximate surface area is 85.8 Å². The van der Waals surface area contributed by atoms with Gasteiger partial charge in [0.05, 0.1) is 6.10 Å². The molecular weight excluding hydrogens is 172 g/mol. The molecule has 2 rings (SSSR count). The lowest BCUT2D eigenvalue weighted by atomic mass is 9.81. The Kier molecular flexibility index (Phi) is 2.87. The highest BCUT2D eigenvalue weighted by atomic mass is 16.3. The molecule has 1 aliphatic rings. The van der Waals surface area contributed by atoms with E-state index in [0.29, 0.717) is 5.92 Å². The number of aliphatic hydroxyl groups is 1. The molecule has 1 nitrogen and oxygen atoms in total. The van der Waals surface area contributed by atoms with Gasteiger partial charge in [0, 0.05) is 5.92 Å². The first-order valence-corrected chi connectivity index (χ1v) is 5.52. The van der Waals surface area contributed by atoms with E-state index >= 15 is 0 Å². The number of benzene rings is 1. The van der Waals surface area contributed by atoms with E-state index in [9.17, 15) is 5.11 Å². The molecule has 1 heteroatoms. The Hall–Kier alpha value is -0.820. The van der Waals surface area contributed by atoms with Gasteiger partial charge in [-0.15, -0.1) is 0 Å². The Bertz CT molecular complexity index is 289. The molecule has 1 N–H and O–H groups in total. The fourth-order valence-corrected chi connectivity index (χ4v) is 2.31. The van der Waals surface area contributed by atoms with Gasteiger partial charge < -0.3 is 5.11 Å². The maximum absolute atomic E-state index is 9.89. The lowest BCUT2D eigenvalue weighted by Crippen LogP contribution is -2.22. The Morgan fingerprint density at radius 3 is 2.36 bits per heavy atom. The van der Waals surface area contributed by atoms with Crippen molar-refractivity contribution in [1.29, 1.82) is 0 Å². The molecule has 2 atom stereocenters. The van der Waals surface area contributed by atoms with Crippen molar-refractivity contribution in [2.75, 3.05) is 0 Å². The molecule has 1 aromatic carbocycles. The van der Waals surface area contributed by atoms with Crippen LogP contribution in [0, 0.1) is 6.92 Å². The summed E-state index contributed by atoms with van der Waals surface area (Å²) in [6.45, 7) is 2.10. The molecule has 14 heavy (non-hydrogen) atoms. The van der Waals surface area contributed by atoms with E-state index in [1.54, 1.807) is 0 Å². The zero-order valence-electron chi connectivity index (χ0n) is 8.74. The Morgan fingerprint density at radius 2 is 1.71 bits per heavy atom. The number of aliphatic hydroxyl groups excluding tert-OH is 1. The molecule has 1 saturated carbocycles. The Balaban J connectivity index is 2.16. The van der Waals surface area contributed by atoms with Crippen molar-refractivity contribution in [2.24, 2.45) is 0 Å². The van der Waals surface area contributed by atoms with Crippen LogP contribution in [0.2, 0.25) is 0 Å². The fourth-order valence-electron chi connectivity index (χ4n) is 2.31. The van der Waals surface area contributed by atoms with E-state index in [-0.39, 0.29) is 6.10 Å². The molecule has 0 amide bonds. The average molecular weight is 190 g/mol. The van der Waals surface area contributed by atoms with Crippen LogP contribution in [0.25, 0.3) is 0 Å². The predicted molar refractivity (Wildman–Crippen MR) is 58.4 cm³/mol. The van der Waals surface area contributed by atoms with E-state index in [0.717, 1.165) is 12.8 Å². The predicted octanol–water partition coefficient (Wildman–Crippen LogP) is 3.01. The maximum atomic E-state index is 9.89. The SMILES string of the molecule is Cc1ccc([C@H]2CCCC[C@H]2O)cc1. The van der Waals surface area contributed by atoms with E-state index in [1.165, 1.54) is 24.0 Å². The standard InChI is InChI=1S/C13H18O/c1-10-6-8-11(9-7-10)12-4-2-3-5-13(12)14/h6-9,12-14H,2-5H2,1H3/t12-,13-/m1/s1. The minimum Gasteiger partial charge on any atom is -0.392 e. The van der Waals surface area contributed by atoms with Crippen LogP contribution < -0.4 is 0 Å². The van der Waals surface area contributed by atoms with Crippen LogP contribution in [0.3, 0.4) is 0 Å². The summed E-state index contributed by atoms with van der Waals surface area (Å²) in [6, 6.07) is 8.59.